The van der Waals surface area contributed by atoms with Gasteiger partial charge in [0.05, 0.1) is 0 Å². The molecule has 0 spiro atoms. The summed E-state index contributed by atoms with van der Waals surface area (Å²) in [4.78, 5) is 4.50. The van der Waals surface area contributed by atoms with E-state index in [1.54, 1.807) is 6.21 Å². The maximum absolute atomic E-state index is 10.1. The Bertz CT molecular complexity index is 1430. The van der Waals surface area contributed by atoms with Crippen LogP contribution in [0.1, 0.15) is 11.1 Å². The minimum atomic E-state index is 0.164. The molecule has 3 heterocycles. The monoisotopic (exact) mass is 436 g/mol. The van der Waals surface area contributed by atoms with Crippen molar-refractivity contribution >= 4 is 12.1 Å². The number of furan rings is 1. The summed E-state index contributed by atoms with van der Waals surface area (Å²) < 4.78 is 28.2. The van der Waals surface area contributed by atoms with E-state index in [1.807, 2.05) is 66.7 Å². The molecule has 6 rings (SSSR count). The van der Waals surface area contributed by atoms with Crippen LogP contribution in [-0.2, 0) is 0 Å². The summed E-state index contributed by atoms with van der Waals surface area (Å²) in [5.74, 6) is 3.29. The summed E-state index contributed by atoms with van der Waals surface area (Å²) in [7, 11) is 0. The van der Waals surface area contributed by atoms with E-state index >= 15 is 0 Å². The molecule has 3 aromatic carbocycles. The van der Waals surface area contributed by atoms with Gasteiger partial charge < -0.3 is 23.4 Å². The van der Waals surface area contributed by atoms with Crippen LogP contribution in [0.5, 0.6) is 23.0 Å². The average molecular weight is 436 g/mol. The molecular formula is C26H16N2O5. The molecule has 0 saturated heterocycles. The Labute approximate surface area is 189 Å². The summed E-state index contributed by atoms with van der Waals surface area (Å²) in [6.45, 7) is 0.332. The Balaban J connectivity index is 1.53. The number of ether oxygens (including phenoxy) is 4. The highest BCUT2D eigenvalue weighted by molar-refractivity contribution is 5.90. The molecule has 160 valence electrons. The van der Waals surface area contributed by atoms with Crippen LogP contribution in [0, 0.1) is 11.3 Å². The van der Waals surface area contributed by atoms with Crippen LogP contribution in [-0.4, -0.2) is 19.8 Å². The van der Waals surface area contributed by atoms with Gasteiger partial charge in [0.2, 0.25) is 19.5 Å². The zero-order valence-electron chi connectivity index (χ0n) is 17.3. The van der Waals surface area contributed by atoms with Crippen LogP contribution < -0.4 is 18.9 Å². The van der Waals surface area contributed by atoms with Crippen LogP contribution in [0.25, 0.3) is 22.5 Å². The van der Waals surface area contributed by atoms with Crippen LogP contribution in [0.15, 0.2) is 76.1 Å². The predicted molar refractivity (Wildman–Crippen MR) is 120 cm³/mol. The molecule has 33 heavy (non-hydrogen) atoms. The number of hydrogen-bond acceptors (Lipinski definition) is 7. The van der Waals surface area contributed by atoms with Gasteiger partial charge in [0.25, 0.3) is 0 Å². The van der Waals surface area contributed by atoms with E-state index in [4.69, 9.17) is 23.4 Å². The largest absolute Gasteiger partial charge is 0.454 e. The summed E-state index contributed by atoms with van der Waals surface area (Å²) in [6.07, 6.45) is 1.67. The van der Waals surface area contributed by atoms with Crippen molar-refractivity contribution in [2.75, 3.05) is 13.6 Å². The maximum atomic E-state index is 10.1. The second-order valence-electron chi connectivity index (χ2n) is 7.40. The minimum Gasteiger partial charge on any atom is -0.454 e. The van der Waals surface area contributed by atoms with Crippen LogP contribution in [0.4, 0.5) is 5.88 Å². The molecule has 0 unspecified atom stereocenters. The Kier molecular flexibility index (Phi) is 4.48. The number of aliphatic imine (C=N–C) groups is 1. The third-order valence-electron chi connectivity index (χ3n) is 5.43. The normalized spacial score (nSPS) is 13.4. The summed E-state index contributed by atoms with van der Waals surface area (Å²) in [5.41, 5.74) is 3.34. The number of hydrogen-bond donors (Lipinski definition) is 0. The van der Waals surface area contributed by atoms with E-state index in [0.717, 1.165) is 16.7 Å². The van der Waals surface area contributed by atoms with Crippen LogP contribution in [0.3, 0.4) is 0 Å². The summed E-state index contributed by atoms with van der Waals surface area (Å²) in [5, 5.41) is 10.1. The van der Waals surface area contributed by atoms with Gasteiger partial charge in [-0.2, -0.15) is 5.26 Å². The summed E-state index contributed by atoms with van der Waals surface area (Å²) in [6, 6.07) is 23.0. The number of benzene rings is 3. The molecule has 1 aromatic heterocycles. The lowest BCUT2D eigenvalue weighted by Gasteiger charge is -2.06. The van der Waals surface area contributed by atoms with Gasteiger partial charge in [-0.25, -0.2) is 4.99 Å². The highest BCUT2D eigenvalue weighted by atomic mass is 16.7. The van der Waals surface area contributed by atoms with Crippen LogP contribution in [0.2, 0.25) is 0 Å². The number of nitrogens with zero attached hydrogens (tertiary/aromatic N) is 2. The molecule has 2 aliphatic heterocycles. The van der Waals surface area contributed by atoms with Crippen molar-refractivity contribution in [2.24, 2.45) is 4.99 Å². The van der Waals surface area contributed by atoms with E-state index in [2.05, 4.69) is 11.1 Å². The molecule has 0 aliphatic carbocycles. The molecule has 0 amide bonds. The van der Waals surface area contributed by atoms with E-state index in [0.29, 0.717) is 39.9 Å². The first-order valence-electron chi connectivity index (χ1n) is 10.3. The lowest BCUT2D eigenvalue weighted by Crippen LogP contribution is -1.93. The lowest BCUT2D eigenvalue weighted by molar-refractivity contribution is 0.173. The second-order valence-corrected chi connectivity index (χ2v) is 7.40. The van der Waals surface area contributed by atoms with Crippen LogP contribution >= 0.6 is 0 Å². The zero-order valence-corrected chi connectivity index (χ0v) is 17.3. The van der Waals surface area contributed by atoms with Gasteiger partial charge >= 0.3 is 0 Å². The first-order valence-corrected chi connectivity index (χ1v) is 10.3. The smallest absolute Gasteiger partial charge is 0.238 e. The molecule has 0 atom stereocenters. The first-order chi connectivity index (χ1) is 16.3. The van der Waals surface area contributed by atoms with E-state index < -0.39 is 0 Å². The highest BCUT2D eigenvalue weighted by Crippen LogP contribution is 2.47. The highest BCUT2D eigenvalue weighted by Gasteiger charge is 2.26. The first kappa shape index (κ1) is 19.0. The zero-order chi connectivity index (χ0) is 22.2. The standard InChI is InChI=1S/C26H16N2O5/c27-12-19-24(17-6-8-20-22(10-17)31-14-29-20)25(18-7-9-21-23(11-18)32-15-30-21)33-26(19)28-13-16-4-2-1-3-5-16/h1-11,13H,14-15H2. The molecule has 0 bridgehead atoms. The Morgan fingerprint density at radius 1 is 0.758 bits per heavy atom. The van der Waals surface area contributed by atoms with E-state index in [1.165, 1.54) is 0 Å². The van der Waals surface area contributed by atoms with E-state index in [9.17, 15) is 5.26 Å². The molecule has 0 saturated carbocycles. The molecule has 0 radical (unpaired) electrons. The van der Waals surface area contributed by atoms with Crippen molar-refractivity contribution in [3.63, 3.8) is 0 Å². The number of fused-ring (bicyclic) bond motifs is 2. The lowest BCUT2D eigenvalue weighted by atomic mass is 9.97. The Morgan fingerprint density at radius 2 is 1.39 bits per heavy atom. The van der Waals surface area contributed by atoms with Crippen molar-refractivity contribution in [3.8, 4) is 51.5 Å². The summed E-state index contributed by atoms with van der Waals surface area (Å²) >= 11 is 0. The van der Waals surface area contributed by atoms with Gasteiger partial charge in [-0.15, -0.1) is 0 Å². The molecule has 4 aromatic rings. The number of rotatable bonds is 4. The van der Waals surface area contributed by atoms with Gasteiger partial charge in [0, 0.05) is 17.3 Å². The molecule has 0 fully saturated rings. The van der Waals surface area contributed by atoms with Gasteiger partial charge in [-0.1, -0.05) is 36.4 Å². The third kappa shape index (κ3) is 3.34. The van der Waals surface area contributed by atoms with Gasteiger partial charge in [0.15, 0.2) is 23.0 Å². The van der Waals surface area contributed by atoms with Crippen molar-refractivity contribution in [2.45, 2.75) is 0 Å². The SMILES string of the molecule is N#Cc1c(N=Cc2ccccc2)oc(-c2ccc3c(c2)OCO3)c1-c1ccc2c(c1)OCO2. The van der Waals surface area contributed by atoms with E-state index in [-0.39, 0.29) is 19.5 Å². The molecule has 7 heteroatoms. The second kappa shape index (κ2) is 7.77. The topological polar surface area (TPSA) is 86.2 Å². The molecular weight excluding hydrogens is 420 g/mol. The predicted octanol–water partition coefficient (Wildman–Crippen LogP) is 5.69. The van der Waals surface area contributed by atoms with Gasteiger partial charge in [0.1, 0.15) is 17.4 Å². The third-order valence-corrected chi connectivity index (χ3v) is 5.43. The van der Waals surface area contributed by atoms with Crippen molar-refractivity contribution in [1.82, 2.24) is 0 Å². The van der Waals surface area contributed by atoms with Crippen molar-refractivity contribution < 1.29 is 23.4 Å². The van der Waals surface area contributed by atoms with Crippen molar-refractivity contribution in [1.29, 1.82) is 5.26 Å². The molecule has 0 N–H and O–H groups in total. The molecule has 7 nitrogen and oxygen atoms in total. The average Bonchev–Trinajstić information content (AvgIpc) is 3.60. The van der Waals surface area contributed by atoms with Gasteiger partial charge in [-0.3, -0.25) is 0 Å². The minimum absolute atomic E-state index is 0.164. The number of nitriles is 1. The van der Waals surface area contributed by atoms with Gasteiger partial charge in [-0.05, 0) is 41.5 Å². The van der Waals surface area contributed by atoms with Crippen molar-refractivity contribution in [3.05, 3.63) is 77.9 Å². The molecule has 2 aliphatic rings. The fourth-order valence-corrected chi connectivity index (χ4v) is 3.85. The quantitative estimate of drug-likeness (QED) is 0.382. The Morgan fingerprint density at radius 3 is 2.09 bits per heavy atom. The Hall–Kier alpha value is -4.70. The maximum Gasteiger partial charge on any atom is 0.238 e. The fourth-order valence-electron chi connectivity index (χ4n) is 3.85. The fraction of sp³-hybridized carbons (Fsp3) is 0.0769.